The minimum Gasteiger partial charge on any atom is -0.399 e. The number of rotatable bonds is 3. The van der Waals surface area contributed by atoms with Crippen molar-refractivity contribution in [3.63, 3.8) is 0 Å². The van der Waals surface area contributed by atoms with E-state index in [-0.39, 0.29) is 5.91 Å². The van der Waals surface area contributed by atoms with Crippen LogP contribution < -0.4 is 5.73 Å². The van der Waals surface area contributed by atoms with Crippen LogP contribution in [0.5, 0.6) is 0 Å². The first kappa shape index (κ1) is 11.3. The minimum atomic E-state index is 0.224. The molecule has 1 aliphatic rings. The minimum absolute atomic E-state index is 0.224. The summed E-state index contributed by atoms with van der Waals surface area (Å²) in [5, 5.41) is 0. The predicted molar refractivity (Wildman–Crippen MR) is 68.2 cm³/mol. The van der Waals surface area contributed by atoms with Crippen molar-refractivity contribution < 1.29 is 4.79 Å². The fourth-order valence-corrected chi connectivity index (χ4v) is 2.29. The average Bonchev–Trinajstić information content (AvgIpc) is 2.60. The van der Waals surface area contributed by atoms with Crippen LogP contribution in [-0.2, 0) is 11.3 Å². The molecule has 0 aliphatic carbocycles. The number of carbonyl (C=O) groups is 1. The predicted octanol–water partition coefficient (Wildman–Crippen LogP) is 1.55. The number of thiol groups is 1. The summed E-state index contributed by atoms with van der Waals surface area (Å²) in [5.41, 5.74) is 7.54. The molecule has 3 nitrogen and oxygen atoms in total. The third-order valence-corrected chi connectivity index (χ3v) is 3.39. The van der Waals surface area contributed by atoms with Crippen LogP contribution in [0.4, 0.5) is 5.69 Å². The van der Waals surface area contributed by atoms with Crippen LogP contribution >= 0.6 is 12.6 Å². The zero-order valence-corrected chi connectivity index (χ0v) is 9.99. The summed E-state index contributed by atoms with van der Waals surface area (Å²) in [6, 6.07) is 7.69. The Morgan fingerprint density at radius 2 is 2.31 bits per heavy atom. The fourth-order valence-electron chi connectivity index (χ4n) is 2.04. The molecule has 1 aromatic carbocycles. The summed E-state index contributed by atoms with van der Waals surface area (Å²) in [5.74, 6) is 1.40. The van der Waals surface area contributed by atoms with Crippen molar-refractivity contribution in [2.45, 2.75) is 13.0 Å². The molecule has 0 spiro atoms. The van der Waals surface area contributed by atoms with E-state index >= 15 is 0 Å². The monoisotopic (exact) mass is 236 g/mol. The maximum atomic E-state index is 11.7. The maximum absolute atomic E-state index is 11.7. The van der Waals surface area contributed by atoms with E-state index in [1.165, 1.54) is 0 Å². The van der Waals surface area contributed by atoms with E-state index in [9.17, 15) is 4.79 Å². The van der Waals surface area contributed by atoms with Gasteiger partial charge >= 0.3 is 0 Å². The molecule has 1 fully saturated rings. The highest BCUT2D eigenvalue weighted by Gasteiger charge is 2.28. The Morgan fingerprint density at radius 1 is 1.50 bits per heavy atom. The molecule has 1 atom stereocenters. The van der Waals surface area contributed by atoms with Crippen LogP contribution in [0.1, 0.15) is 12.0 Å². The molecule has 1 saturated heterocycles. The Kier molecular flexibility index (Phi) is 3.39. The van der Waals surface area contributed by atoms with Crippen molar-refractivity contribution in [1.82, 2.24) is 4.90 Å². The van der Waals surface area contributed by atoms with Crippen molar-refractivity contribution in [2.75, 3.05) is 18.0 Å². The molecule has 2 rings (SSSR count). The number of hydrogen-bond acceptors (Lipinski definition) is 3. The lowest BCUT2D eigenvalue weighted by molar-refractivity contribution is -0.128. The first-order chi connectivity index (χ1) is 7.69. The van der Waals surface area contributed by atoms with Gasteiger partial charge in [-0.1, -0.05) is 12.1 Å². The molecule has 86 valence electrons. The molecule has 0 saturated carbocycles. The third kappa shape index (κ3) is 2.50. The number of likely N-dealkylation sites (tertiary alicyclic amines) is 1. The Balaban J connectivity index is 2.03. The summed E-state index contributed by atoms with van der Waals surface area (Å²) in [4.78, 5) is 13.6. The summed E-state index contributed by atoms with van der Waals surface area (Å²) in [7, 11) is 0. The second kappa shape index (κ2) is 4.78. The smallest absolute Gasteiger partial charge is 0.223 e. The molecular weight excluding hydrogens is 220 g/mol. The Morgan fingerprint density at radius 3 is 2.94 bits per heavy atom. The number of nitrogens with zero attached hydrogens (tertiary/aromatic N) is 1. The molecule has 0 bridgehead atoms. The van der Waals surface area contributed by atoms with Crippen LogP contribution in [0.3, 0.4) is 0 Å². The Hall–Kier alpha value is -1.16. The lowest BCUT2D eigenvalue weighted by Crippen LogP contribution is -2.24. The van der Waals surface area contributed by atoms with Crippen LogP contribution in [0.15, 0.2) is 24.3 Å². The summed E-state index contributed by atoms with van der Waals surface area (Å²) in [6.45, 7) is 1.48. The number of carbonyl (C=O) groups excluding carboxylic acids is 1. The highest BCUT2D eigenvalue weighted by Crippen LogP contribution is 2.21. The Labute approximate surface area is 101 Å². The SMILES string of the molecule is Nc1cccc(CN2CC(CS)CC2=O)c1. The van der Waals surface area contributed by atoms with Gasteiger partial charge in [0.25, 0.3) is 0 Å². The quantitative estimate of drug-likeness (QED) is 0.618. The molecule has 1 aliphatic heterocycles. The molecular formula is C12H16N2OS. The van der Waals surface area contributed by atoms with Crippen LogP contribution in [0, 0.1) is 5.92 Å². The van der Waals surface area contributed by atoms with Gasteiger partial charge in [0, 0.05) is 25.2 Å². The highest BCUT2D eigenvalue weighted by atomic mass is 32.1. The topological polar surface area (TPSA) is 46.3 Å². The molecule has 0 radical (unpaired) electrons. The lowest BCUT2D eigenvalue weighted by atomic mass is 10.1. The number of benzene rings is 1. The molecule has 1 aromatic rings. The van der Waals surface area contributed by atoms with Crippen molar-refractivity contribution in [3.05, 3.63) is 29.8 Å². The van der Waals surface area contributed by atoms with E-state index in [1.54, 1.807) is 0 Å². The summed E-state index contributed by atoms with van der Waals surface area (Å²) >= 11 is 4.24. The van der Waals surface area contributed by atoms with Crippen LogP contribution in [-0.4, -0.2) is 23.1 Å². The van der Waals surface area contributed by atoms with E-state index in [1.807, 2.05) is 29.2 Å². The largest absolute Gasteiger partial charge is 0.399 e. The number of amides is 1. The van der Waals surface area contributed by atoms with Crippen molar-refractivity contribution in [1.29, 1.82) is 0 Å². The second-order valence-corrected chi connectivity index (χ2v) is 4.64. The zero-order chi connectivity index (χ0) is 11.5. The van der Waals surface area contributed by atoms with Gasteiger partial charge in [-0.25, -0.2) is 0 Å². The zero-order valence-electron chi connectivity index (χ0n) is 9.10. The van der Waals surface area contributed by atoms with Gasteiger partial charge in [0.05, 0.1) is 0 Å². The lowest BCUT2D eigenvalue weighted by Gasteiger charge is -2.16. The number of anilines is 1. The van der Waals surface area contributed by atoms with Gasteiger partial charge in [0.2, 0.25) is 5.91 Å². The van der Waals surface area contributed by atoms with E-state index in [0.29, 0.717) is 18.9 Å². The summed E-state index contributed by atoms with van der Waals surface area (Å²) in [6.07, 6.45) is 0.631. The first-order valence-electron chi connectivity index (χ1n) is 5.42. The van der Waals surface area contributed by atoms with E-state index in [4.69, 9.17) is 5.73 Å². The van der Waals surface area contributed by atoms with Gasteiger partial charge in [0.1, 0.15) is 0 Å². The first-order valence-corrected chi connectivity index (χ1v) is 6.05. The van der Waals surface area contributed by atoms with Gasteiger partial charge in [-0.05, 0) is 29.4 Å². The van der Waals surface area contributed by atoms with Crippen molar-refractivity contribution in [2.24, 2.45) is 5.92 Å². The van der Waals surface area contributed by atoms with Gasteiger partial charge in [-0.3, -0.25) is 4.79 Å². The second-order valence-electron chi connectivity index (χ2n) is 4.27. The molecule has 4 heteroatoms. The normalized spacial score (nSPS) is 20.4. The molecule has 16 heavy (non-hydrogen) atoms. The average molecular weight is 236 g/mol. The maximum Gasteiger partial charge on any atom is 0.223 e. The number of hydrogen-bond donors (Lipinski definition) is 2. The van der Waals surface area contributed by atoms with E-state index < -0.39 is 0 Å². The molecule has 2 N–H and O–H groups in total. The molecule has 1 amide bonds. The molecule has 1 unspecified atom stereocenters. The molecule has 1 heterocycles. The third-order valence-electron chi connectivity index (χ3n) is 2.88. The summed E-state index contributed by atoms with van der Waals surface area (Å²) < 4.78 is 0. The van der Waals surface area contributed by atoms with Gasteiger partial charge in [-0.2, -0.15) is 12.6 Å². The van der Waals surface area contributed by atoms with E-state index in [2.05, 4.69) is 12.6 Å². The van der Waals surface area contributed by atoms with Gasteiger partial charge in [0.15, 0.2) is 0 Å². The van der Waals surface area contributed by atoms with Crippen molar-refractivity contribution in [3.8, 4) is 0 Å². The van der Waals surface area contributed by atoms with Crippen LogP contribution in [0.25, 0.3) is 0 Å². The number of nitrogen functional groups attached to an aromatic ring is 1. The van der Waals surface area contributed by atoms with Gasteiger partial charge in [-0.15, -0.1) is 0 Å². The van der Waals surface area contributed by atoms with Crippen molar-refractivity contribution >= 4 is 24.2 Å². The van der Waals surface area contributed by atoms with Crippen LogP contribution in [0.2, 0.25) is 0 Å². The fraction of sp³-hybridized carbons (Fsp3) is 0.417. The Bertz CT molecular complexity index is 394. The molecule has 0 aromatic heterocycles. The van der Waals surface area contributed by atoms with Gasteiger partial charge < -0.3 is 10.6 Å². The number of nitrogens with two attached hydrogens (primary N) is 1. The highest BCUT2D eigenvalue weighted by molar-refractivity contribution is 7.80. The standard InChI is InChI=1S/C12H16N2OS/c13-11-3-1-2-9(4-11)6-14-7-10(8-16)5-12(14)15/h1-4,10,16H,5-8,13H2. The van der Waals surface area contributed by atoms with E-state index in [0.717, 1.165) is 23.5 Å².